The van der Waals surface area contributed by atoms with Crippen molar-refractivity contribution in [1.82, 2.24) is 9.29 Å². The highest BCUT2D eigenvalue weighted by Crippen LogP contribution is 2.41. The van der Waals surface area contributed by atoms with Gasteiger partial charge in [-0.15, -0.1) is 11.3 Å². The molecule has 9 nitrogen and oxygen atoms in total. The van der Waals surface area contributed by atoms with Gasteiger partial charge in [0.05, 0.1) is 27.6 Å². The van der Waals surface area contributed by atoms with E-state index in [1.165, 1.54) is 20.2 Å². The van der Waals surface area contributed by atoms with Crippen LogP contribution in [-0.4, -0.2) is 49.5 Å². The van der Waals surface area contributed by atoms with Crippen LogP contribution in [0.2, 0.25) is 5.02 Å². The summed E-state index contributed by atoms with van der Waals surface area (Å²) in [4.78, 5) is 21.7. The lowest BCUT2D eigenvalue weighted by molar-refractivity contribution is 0.103. The molecule has 1 aliphatic rings. The number of sulfonamides is 1. The van der Waals surface area contributed by atoms with E-state index in [2.05, 4.69) is 15.3 Å². The minimum Gasteiger partial charge on any atom is -0.481 e. The lowest BCUT2D eigenvalue weighted by Crippen LogP contribution is -2.50. The van der Waals surface area contributed by atoms with E-state index < -0.39 is 21.5 Å². The van der Waals surface area contributed by atoms with Crippen molar-refractivity contribution >= 4 is 50.6 Å². The number of guanidine groups is 1. The maximum Gasteiger partial charge on any atom is 0.266 e. The summed E-state index contributed by atoms with van der Waals surface area (Å²) in [5, 5.41) is 2.90. The van der Waals surface area contributed by atoms with Crippen molar-refractivity contribution < 1.29 is 17.9 Å². The summed E-state index contributed by atoms with van der Waals surface area (Å²) in [6.07, 6.45) is 0. The number of thiophene rings is 1. The molecule has 0 aromatic carbocycles. The molecule has 1 atom stereocenters. The molecule has 150 valence electrons. The molecule has 0 spiro atoms. The smallest absolute Gasteiger partial charge is 0.266 e. The number of carbonyl (C=O) groups excluding carboxylic acids is 1. The molecule has 0 fully saturated rings. The fourth-order valence-corrected chi connectivity index (χ4v) is 5.75. The number of amides is 1. The summed E-state index contributed by atoms with van der Waals surface area (Å²) in [6, 6.07) is 6.43. The molecule has 0 aliphatic carbocycles. The number of nitrogens with zero attached hydrogens (tertiary/aromatic N) is 3. The van der Waals surface area contributed by atoms with Gasteiger partial charge >= 0.3 is 0 Å². The first-order chi connectivity index (χ1) is 13.1. The number of anilines is 1. The van der Waals surface area contributed by atoms with Crippen molar-refractivity contribution in [3.05, 3.63) is 39.0 Å². The van der Waals surface area contributed by atoms with E-state index in [1.54, 1.807) is 25.1 Å². The molecule has 0 radical (unpaired) electrons. The van der Waals surface area contributed by atoms with Gasteiger partial charge in [0.25, 0.3) is 5.91 Å². The van der Waals surface area contributed by atoms with Crippen LogP contribution in [0.15, 0.2) is 29.3 Å². The number of methoxy groups -OCH3 is 1. The van der Waals surface area contributed by atoms with Crippen molar-refractivity contribution in [2.24, 2.45) is 10.7 Å². The highest BCUT2D eigenvalue weighted by atomic mass is 35.5. The van der Waals surface area contributed by atoms with Crippen molar-refractivity contribution in [3.8, 4) is 5.88 Å². The van der Waals surface area contributed by atoms with Crippen LogP contribution >= 0.6 is 22.9 Å². The number of aliphatic imine (C=N–C) groups is 1. The van der Waals surface area contributed by atoms with E-state index in [4.69, 9.17) is 22.1 Å². The Morgan fingerprint density at radius 2 is 2.18 bits per heavy atom. The number of carbonyl (C=O) groups is 1. The third kappa shape index (κ3) is 3.77. The van der Waals surface area contributed by atoms with E-state index in [0.717, 1.165) is 15.6 Å². The molecule has 12 heteroatoms. The quantitative estimate of drug-likeness (QED) is 0.742. The highest BCUT2D eigenvalue weighted by molar-refractivity contribution is 7.89. The van der Waals surface area contributed by atoms with Gasteiger partial charge < -0.3 is 15.8 Å². The van der Waals surface area contributed by atoms with Gasteiger partial charge in [0.2, 0.25) is 21.9 Å². The zero-order valence-corrected chi connectivity index (χ0v) is 17.7. The van der Waals surface area contributed by atoms with E-state index in [0.29, 0.717) is 16.6 Å². The molecule has 0 bridgehead atoms. The summed E-state index contributed by atoms with van der Waals surface area (Å²) in [5.41, 5.74) is 4.58. The van der Waals surface area contributed by atoms with Gasteiger partial charge in [0.1, 0.15) is 11.4 Å². The van der Waals surface area contributed by atoms with Crippen molar-refractivity contribution in [2.75, 3.05) is 25.2 Å². The summed E-state index contributed by atoms with van der Waals surface area (Å²) < 4.78 is 30.7. The Bertz CT molecular complexity index is 1070. The minimum absolute atomic E-state index is 0.134. The largest absolute Gasteiger partial charge is 0.481 e. The third-order valence-corrected chi connectivity index (χ3v) is 7.88. The molecular weight excluding hydrogens is 426 g/mol. The average molecular weight is 444 g/mol. The van der Waals surface area contributed by atoms with E-state index >= 15 is 0 Å². The van der Waals surface area contributed by atoms with Crippen molar-refractivity contribution in [2.45, 2.75) is 12.5 Å². The molecule has 0 unspecified atom stereocenters. The van der Waals surface area contributed by atoms with Gasteiger partial charge in [-0.05, 0) is 19.1 Å². The molecule has 1 aliphatic heterocycles. The number of hydrogen-bond donors (Lipinski definition) is 2. The maximum atomic E-state index is 12.6. The van der Waals surface area contributed by atoms with Gasteiger partial charge in [-0.2, -0.15) is 4.98 Å². The normalized spacial score (nSPS) is 21.1. The first kappa shape index (κ1) is 20.4. The summed E-state index contributed by atoms with van der Waals surface area (Å²) >= 11 is 7.37. The standard InChI is InChI=1S/C16H18ClN5O4S2/c1-16(8-28(24,25)22(2)15(18)21-16)13-9(17)7-10(27-13)14(23)20-11-5-4-6-12(19-11)26-3/h4-7H,8H2,1-3H3,(H2,18,21)(H,19,20,23)/t16-/m0/s1. The fourth-order valence-electron chi connectivity index (χ4n) is 2.69. The van der Waals surface area contributed by atoms with Crippen LogP contribution in [0.5, 0.6) is 5.88 Å². The number of nitrogens with two attached hydrogens (primary N) is 1. The molecule has 1 amide bonds. The molecular formula is C16H18ClN5O4S2. The molecule has 3 heterocycles. The van der Waals surface area contributed by atoms with Gasteiger partial charge in [0.15, 0.2) is 0 Å². The first-order valence-corrected chi connectivity index (χ1v) is 10.8. The molecule has 2 aromatic rings. The Labute approximate surface area is 171 Å². The zero-order valence-electron chi connectivity index (χ0n) is 15.3. The van der Waals surface area contributed by atoms with Crippen molar-refractivity contribution in [3.63, 3.8) is 0 Å². The fraction of sp³-hybridized carbons (Fsp3) is 0.312. The van der Waals surface area contributed by atoms with Crippen LogP contribution in [0.25, 0.3) is 0 Å². The predicted molar refractivity (Wildman–Crippen MR) is 109 cm³/mol. The molecule has 3 rings (SSSR count). The number of rotatable bonds is 4. The Kier molecular flexibility index (Phi) is 5.26. The molecule has 3 N–H and O–H groups in total. The third-order valence-electron chi connectivity index (χ3n) is 4.14. The lowest BCUT2D eigenvalue weighted by Gasteiger charge is -2.33. The zero-order chi connectivity index (χ0) is 20.7. The van der Waals surface area contributed by atoms with Gasteiger partial charge in [0, 0.05) is 13.1 Å². The second-order valence-corrected chi connectivity index (χ2v) is 9.73. The number of ether oxygens (including phenoxy) is 1. The van der Waals surface area contributed by atoms with Gasteiger partial charge in [-0.1, -0.05) is 17.7 Å². The number of aromatic nitrogens is 1. The molecule has 2 aromatic heterocycles. The van der Waals surface area contributed by atoms with Crippen molar-refractivity contribution in [1.29, 1.82) is 0 Å². The van der Waals surface area contributed by atoms with Crippen LogP contribution in [0.1, 0.15) is 21.5 Å². The molecule has 28 heavy (non-hydrogen) atoms. The van der Waals surface area contributed by atoms with Crippen LogP contribution in [0, 0.1) is 0 Å². The summed E-state index contributed by atoms with van der Waals surface area (Å²) in [7, 11) is -0.838. The van der Waals surface area contributed by atoms with Crippen LogP contribution in [-0.2, 0) is 15.6 Å². The second kappa shape index (κ2) is 7.22. The Balaban J connectivity index is 1.92. The number of halogens is 1. The Hall–Kier alpha value is -2.37. The first-order valence-electron chi connectivity index (χ1n) is 8.00. The SMILES string of the molecule is COc1cccc(NC(=O)c2cc(Cl)c([C@]3(C)CS(=O)(=O)N(C)C(N)=N3)s2)n1. The lowest BCUT2D eigenvalue weighted by atomic mass is 10.0. The Morgan fingerprint density at radius 3 is 2.82 bits per heavy atom. The van der Waals surface area contributed by atoms with Crippen LogP contribution in [0.3, 0.4) is 0 Å². The topological polar surface area (TPSA) is 127 Å². The van der Waals surface area contributed by atoms with E-state index in [9.17, 15) is 13.2 Å². The number of pyridine rings is 1. The predicted octanol–water partition coefficient (Wildman–Crippen LogP) is 1.86. The molecule has 0 saturated carbocycles. The van der Waals surface area contributed by atoms with E-state index in [-0.39, 0.29) is 21.6 Å². The highest BCUT2D eigenvalue weighted by Gasteiger charge is 2.42. The second-order valence-electron chi connectivity index (χ2n) is 6.27. The minimum atomic E-state index is -3.65. The Morgan fingerprint density at radius 1 is 1.46 bits per heavy atom. The average Bonchev–Trinajstić information content (AvgIpc) is 3.02. The molecule has 0 saturated heterocycles. The van der Waals surface area contributed by atoms with Gasteiger partial charge in [-0.25, -0.2) is 17.7 Å². The number of nitrogens with one attached hydrogen (secondary N) is 1. The number of hydrogen-bond acceptors (Lipinski definition) is 8. The van der Waals surface area contributed by atoms with Crippen LogP contribution in [0.4, 0.5) is 5.82 Å². The van der Waals surface area contributed by atoms with E-state index in [1.807, 2.05) is 0 Å². The summed E-state index contributed by atoms with van der Waals surface area (Å²) in [5.74, 6) is -0.210. The monoisotopic (exact) mass is 443 g/mol. The maximum absolute atomic E-state index is 12.6. The summed E-state index contributed by atoms with van der Waals surface area (Å²) in [6.45, 7) is 1.62. The van der Waals surface area contributed by atoms with Gasteiger partial charge in [-0.3, -0.25) is 4.79 Å². The van der Waals surface area contributed by atoms with Crippen LogP contribution < -0.4 is 15.8 Å².